The molecule has 5 heteroatoms. The normalized spacial score (nSPS) is 13.7. The second-order valence-electron chi connectivity index (χ2n) is 4.05. The fraction of sp³-hybridized carbons (Fsp3) is 0.500. The van der Waals surface area contributed by atoms with Gasteiger partial charge in [0.25, 0.3) is 0 Å². The number of hydrogen-bond acceptors (Lipinski definition) is 3. The number of rotatable bonds is 5. The third-order valence-corrected chi connectivity index (χ3v) is 5.02. The maximum absolute atomic E-state index is 12.2. The molecule has 0 fully saturated rings. The van der Waals surface area contributed by atoms with E-state index in [-0.39, 0.29) is 6.04 Å². The first kappa shape index (κ1) is 14.0. The summed E-state index contributed by atoms with van der Waals surface area (Å²) in [6.45, 7) is 3.88. The lowest BCUT2D eigenvalue weighted by Gasteiger charge is -2.23. The van der Waals surface area contributed by atoms with Gasteiger partial charge in [0, 0.05) is 25.8 Å². The minimum Gasteiger partial charge on any atom is -0.388 e. The van der Waals surface area contributed by atoms with Crippen LogP contribution in [-0.4, -0.2) is 32.9 Å². The molecule has 4 nitrogen and oxygen atoms in total. The SMILES string of the molecule is CCC(C)N(C)S(=O)(=O)c1ccc(NC)cc1. The second-order valence-corrected chi connectivity index (χ2v) is 6.05. The Bertz CT molecular complexity index is 454. The summed E-state index contributed by atoms with van der Waals surface area (Å²) in [5, 5.41) is 2.96. The maximum Gasteiger partial charge on any atom is 0.243 e. The third kappa shape index (κ3) is 2.98. The molecule has 0 bridgehead atoms. The summed E-state index contributed by atoms with van der Waals surface area (Å²) in [7, 11) is 0.0512. The standard InChI is InChI=1S/C12H20N2O2S/c1-5-10(2)14(4)17(15,16)12-8-6-11(13-3)7-9-12/h6-10,13H,5H2,1-4H3. The number of sulfonamides is 1. The highest BCUT2D eigenvalue weighted by molar-refractivity contribution is 7.89. The Morgan fingerprint density at radius 2 is 1.82 bits per heavy atom. The molecule has 0 radical (unpaired) electrons. The Morgan fingerprint density at radius 1 is 1.29 bits per heavy atom. The monoisotopic (exact) mass is 256 g/mol. The average Bonchev–Trinajstić information content (AvgIpc) is 2.36. The van der Waals surface area contributed by atoms with Gasteiger partial charge in [0.2, 0.25) is 10.0 Å². The van der Waals surface area contributed by atoms with Crippen LogP contribution in [-0.2, 0) is 10.0 Å². The quantitative estimate of drug-likeness (QED) is 0.878. The van der Waals surface area contributed by atoms with Crippen molar-refractivity contribution in [3.8, 4) is 0 Å². The summed E-state index contributed by atoms with van der Waals surface area (Å²) in [5.41, 5.74) is 0.898. The summed E-state index contributed by atoms with van der Waals surface area (Å²) in [6, 6.07) is 6.78. The molecule has 0 saturated carbocycles. The first-order valence-corrected chi connectivity index (χ1v) is 7.13. The summed E-state index contributed by atoms with van der Waals surface area (Å²) < 4.78 is 25.9. The molecule has 1 atom stereocenters. The van der Waals surface area contributed by atoms with Crippen molar-refractivity contribution in [2.24, 2.45) is 0 Å². The van der Waals surface area contributed by atoms with Crippen molar-refractivity contribution in [1.82, 2.24) is 4.31 Å². The van der Waals surface area contributed by atoms with Crippen molar-refractivity contribution in [1.29, 1.82) is 0 Å². The van der Waals surface area contributed by atoms with E-state index in [1.54, 1.807) is 38.4 Å². The van der Waals surface area contributed by atoms with Crippen molar-refractivity contribution in [3.05, 3.63) is 24.3 Å². The topological polar surface area (TPSA) is 49.4 Å². The number of nitrogens with one attached hydrogen (secondary N) is 1. The first-order valence-electron chi connectivity index (χ1n) is 5.69. The van der Waals surface area contributed by atoms with E-state index >= 15 is 0 Å². The maximum atomic E-state index is 12.2. The van der Waals surface area contributed by atoms with E-state index in [1.165, 1.54) is 4.31 Å². The van der Waals surface area contributed by atoms with Crippen molar-refractivity contribution < 1.29 is 8.42 Å². The van der Waals surface area contributed by atoms with Crippen LogP contribution in [0.15, 0.2) is 29.2 Å². The Morgan fingerprint density at radius 3 is 2.24 bits per heavy atom. The van der Waals surface area contributed by atoms with Crippen molar-refractivity contribution in [2.75, 3.05) is 19.4 Å². The second kappa shape index (κ2) is 5.51. The molecule has 0 aromatic heterocycles. The molecule has 1 unspecified atom stereocenters. The molecule has 1 N–H and O–H groups in total. The van der Waals surface area contributed by atoms with Gasteiger partial charge in [0.15, 0.2) is 0 Å². The minimum absolute atomic E-state index is 0.00368. The summed E-state index contributed by atoms with van der Waals surface area (Å²) in [4.78, 5) is 0.333. The first-order chi connectivity index (χ1) is 7.93. The molecule has 96 valence electrons. The van der Waals surface area contributed by atoms with E-state index in [2.05, 4.69) is 5.32 Å². The molecule has 0 heterocycles. The minimum atomic E-state index is -3.37. The smallest absolute Gasteiger partial charge is 0.243 e. The van der Waals surface area contributed by atoms with Gasteiger partial charge in [0.05, 0.1) is 4.90 Å². The molecule has 0 amide bonds. The lowest BCUT2D eigenvalue weighted by Crippen LogP contribution is -2.34. The van der Waals surface area contributed by atoms with Crippen LogP contribution in [0.1, 0.15) is 20.3 Å². The van der Waals surface area contributed by atoms with Gasteiger partial charge in [-0.3, -0.25) is 0 Å². The zero-order valence-electron chi connectivity index (χ0n) is 10.8. The molecule has 0 aliphatic carbocycles. The Hall–Kier alpha value is -1.07. The molecular weight excluding hydrogens is 236 g/mol. The van der Waals surface area contributed by atoms with E-state index in [1.807, 2.05) is 13.8 Å². The van der Waals surface area contributed by atoms with Gasteiger partial charge in [-0.1, -0.05) is 6.92 Å². The van der Waals surface area contributed by atoms with Crippen molar-refractivity contribution in [3.63, 3.8) is 0 Å². The predicted molar refractivity (Wildman–Crippen MR) is 70.7 cm³/mol. The summed E-state index contributed by atoms with van der Waals surface area (Å²) >= 11 is 0. The Balaban J connectivity index is 3.04. The fourth-order valence-corrected chi connectivity index (χ4v) is 2.89. The highest BCUT2D eigenvalue weighted by Crippen LogP contribution is 2.19. The van der Waals surface area contributed by atoms with Crippen LogP contribution in [0, 0.1) is 0 Å². The molecule has 17 heavy (non-hydrogen) atoms. The highest BCUT2D eigenvalue weighted by Gasteiger charge is 2.23. The van der Waals surface area contributed by atoms with Crippen LogP contribution in [0.25, 0.3) is 0 Å². The van der Waals surface area contributed by atoms with Crippen molar-refractivity contribution in [2.45, 2.75) is 31.2 Å². The average molecular weight is 256 g/mol. The largest absolute Gasteiger partial charge is 0.388 e. The molecule has 0 spiro atoms. The Labute approximate surface area is 104 Å². The van der Waals surface area contributed by atoms with Crippen LogP contribution in [0.3, 0.4) is 0 Å². The fourth-order valence-electron chi connectivity index (χ4n) is 1.45. The van der Waals surface area contributed by atoms with Gasteiger partial charge in [-0.2, -0.15) is 4.31 Å². The molecule has 1 rings (SSSR count). The molecule has 0 aliphatic heterocycles. The molecule has 1 aromatic rings. The summed E-state index contributed by atoms with van der Waals surface area (Å²) in [5.74, 6) is 0. The van der Waals surface area contributed by atoms with Gasteiger partial charge >= 0.3 is 0 Å². The third-order valence-electron chi connectivity index (χ3n) is 3.03. The zero-order chi connectivity index (χ0) is 13.1. The lowest BCUT2D eigenvalue weighted by atomic mass is 10.3. The summed E-state index contributed by atoms with van der Waals surface area (Å²) in [6.07, 6.45) is 0.796. The zero-order valence-corrected chi connectivity index (χ0v) is 11.6. The number of nitrogens with zero attached hydrogens (tertiary/aromatic N) is 1. The van der Waals surface area contributed by atoms with Crippen LogP contribution < -0.4 is 5.32 Å². The van der Waals surface area contributed by atoms with Crippen LogP contribution in [0.2, 0.25) is 0 Å². The van der Waals surface area contributed by atoms with Crippen molar-refractivity contribution >= 4 is 15.7 Å². The van der Waals surface area contributed by atoms with Crippen LogP contribution in [0.5, 0.6) is 0 Å². The van der Waals surface area contributed by atoms with E-state index in [9.17, 15) is 8.42 Å². The number of benzene rings is 1. The van der Waals surface area contributed by atoms with E-state index in [0.717, 1.165) is 12.1 Å². The highest BCUT2D eigenvalue weighted by atomic mass is 32.2. The predicted octanol–water partition coefficient (Wildman–Crippen LogP) is 2.15. The van der Waals surface area contributed by atoms with Gasteiger partial charge in [0.1, 0.15) is 0 Å². The van der Waals surface area contributed by atoms with Crippen LogP contribution in [0.4, 0.5) is 5.69 Å². The lowest BCUT2D eigenvalue weighted by molar-refractivity contribution is 0.380. The Kier molecular flexibility index (Phi) is 4.54. The van der Waals surface area contributed by atoms with Gasteiger partial charge < -0.3 is 5.32 Å². The van der Waals surface area contributed by atoms with E-state index < -0.39 is 10.0 Å². The van der Waals surface area contributed by atoms with Gasteiger partial charge in [-0.05, 0) is 37.6 Å². The van der Waals surface area contributed by atoms with E-state index in [0.29, 0.717) is 4.90 Å². The molecule has 0 saturated heterocycles. The molecule has 0 aliphatic rings. The number of hydrogen-bond donors (Lipinski definition) is 1. The van der Waals surface area contributed by atoms with E-state index in [4.69, 9.17) is 0 Å². The number of anilines is 1. The molecule has 1 aromatic carbocycles. The van der Waals surface area contributed by atoms with Crippen LogP contribution >= 0.6 is 0 Å². The van der Waals surface area contributed by atoms with Gasteiger partial charge in [-0.15, -0.1) is 0 Å². The molecular formula is C12H20N2O2S. The van der Waals surface area contributed by atoms with Gasteiger partial charge in [-0.25, -0.2) is 8.42 Å².